The summed E-state index contributed by atoms with van der Waals surface area (Å²) in [7, 11) is -4.49. The molecule has 0 spiro atoms. The zero-order valence-electron chi connectivity index (χ0n) is 4.87. The lowest BCUT2D eigenvalue weighted by molar-refractivity contribution is -0.675. The first kappa shape index (κ1) is 8.60. The van der Waals surface area contributed by atoms with Gasteiger partial charge >= 0.3 is 6.47 Å². The van der Waals surface area contributed by atoms with Crippen molar-refractivity contribution >= 4 is 14.1 Å². The van der Waals surface area contributed by atoms with Gasteiger partial charge in [-0.05, 0) is 0 Å². The lowest BCUT2D eigenvalue weighted by atomic mass is 11.5. The topological polar surface area (TPSA) is 103 Å². The van der Waals surface area contributed by atoms with Gasteiger partial charge < -0.3 is 4.89 Å². The molecular formula is C2H2O8P-. The van der Waals surface area contributed by atoms with Crippen molar-refractivity contribution in [3.63, 3.8) is 0 Å². The van der Waals surface area contributed by atoms with Crippen molar-refractivity contribution < 1.29 is 38.6 Å². The van der Waals surface area contributed by atoms with Crippen LogP contribution < -0.4 is 4.89 Å². The van der Waals surface area contributed by atoms with Gasteiger partial charge in [-0.3, -0.25) is 14.2 Å². The van der Waals surface area contributed by atoms with Crippen molar-refractivity contribution in [2.75, 3.05) is 0 Å². The van der Waals surface area contributed by atoms with Crippen molar-refractivity contribution in [2.24, 2.45) is 0 Å². The van der Waals surface area contributed by atoms with Crippen LogP contribution in [0.4, 0.5) is 0 Å². The average Bonchev–Trinajstić information content (AvgIpc) is 1.78. The molecule has 0 aromatic heterocycles. The molecular weight excluding hydrogens is 183 g/mol. The van der Waals surface area contributed by atoms with Crippen LogP contribution in [0.2, 0.25) is 0 Å². The van der Waals surface area contributed by atoms with Gasteiger partial charge in [0, 0.05) is 0 Å². The third-order valence-electron chi connectivity index (χ3n) is 0.688. The van der Waals surface area contributed by atoms with Crippen LogP contribution in [-0.2, 0) is 33.7 Å². The van der Waals surface area contributed by atoms with E-state index in [0.717, 1.165) is 0 Å². The number of hydrogen-bond donors (Lipinski definition) is 0. The van der Waals surface area contributed by atoms with Gasteiger partial charge in [0.2, 0.25) is 7.60 Å². The first-order chi connectivity index (χ1) is 5.17. The summed E-state index contributed by atoms with van der Waals surface area (Å²) in [5.74, 6) is 0. The highest BCUT2D eigenvalue weighted by molar-refractivity contribution is 7.51. The summed E-state index contributed by atoms with van der Waals surface area (Å²) in [5, 5.41) is 3.61. The van der Waals surface area contributed by atoms with E-state index in [1.165, 1.54) is 0 Å². The second kappa shape index (κ2) is 3.26. The van der Waals surface area contributed by atoms with Gasteiger partial charge in [0.05, 0.1) is 0 Å². The molecule has 0 radical (unpaired) electrons. The lowest BCUT2D eigenvalue weighted by Crippen LogP contribution is -2.33. The van der Waals surface area contributed by atoms with Crippen molar-refractivity contribution in [2.45, 2.75) is 6.03 Å². The third kappa shape index (κ3) is 1.96. The van der Waals surface area contributed by atoms with Crippen molar-refractivity contribution in [1.82, 2.24) is 0 Å². The van der Waals surface area contributed by atoms with Crippen LogP contribution in [0.25, 0.3) is 0 Å². The van der Waals surface area contributed by atoms with Gasteiger partial charge in [-0.1, -0.05) is 5.04 Å². The molecule has 0 saturated carbocycles. The summed E-state index contributed by atoms with van der Waals surface area (Å²) in [6.07, 6.45) is 0. The molecule has 0 bridgehead atoms. The number of hydrogen-bond acceptors (Lipinski definition) is 8. The average molecular weight is 185 g/mol. The number of carbonyl (C=O) groups excluding carboxylic acids is 1. The van der Waals surface area contributed by atoms with Crippen LogP contribution in [0.3, 0.4) is 0 Å². The summed E-state index contributed by atoms with van der Waals surface area (Å²) >= 11 is 0. The first-order valence-corrected chi connectivity index (χ1v) is 3.86. The monoisotopic (exact) mass is 185 g/mol. The van der Waals surface area contributed by atoms with E-state index >= 15 is 0 Å². The van der Waals surface area contributed by atoms with Gasteiger partial charge in [-0.25, -0.2) is 0 Å². The highest BCUT2D eigenvalue weighted by Crippen LogP contribution is 2.47. The second-order valence-corrected chi connectivity index (χ2v) is 3.02. The quantitative estimate of drug-likeness (QED) is 0.233. The van der Waals surface area contributed by atoms with E-state index < -0.39 is 13.6 Å². The lowest BCUT2D eigenvalue weighted by Gasteiger charge is -2.30. The Balaban J connectivity index is 2.37. The highest BCUT2D eigenvalue weighted by atomic mass is 31.2. The number of rotatable bonds is 4. The standard InChI is InChI=1S/C2H3O8P/c3-1-6-10-11(4,5)2-7-9-8-2/h1-2H,(H,4,5)/p-1. The molecule has 0 aromatic rings. The van der Waals surface area contributed by atoms with Crippen LogP contribution in [0.1, 0.15) is 0 Å². The maximum atomic E-state index is 10.6. The molecule has 0 aliphatic carbocycles. The molecule has 1 aliphatic heterocycles. The van der Waals surface area contributed by atoms with E-state index in [1.807, 2.05) is 0 Å². The zero-order chi connectivity index (χ0) is 8.32. The molecule has 9 heteroatoms. The summed E-state index contributed by atoms with van der Waals surface area (Å²) in [6.45, 7) is -0.204. The Labute approximate surface area is 59.9 Å². The van der Waals surface area contributed by atoms with E-state index in [1.54, 1.807) is 0 Å². The first-order valence-electron chi connectivity index (χ1n) is 2.25. The smallest absolute Gasteiger partial charge is 0.331 e. The molecule has 1 rings (SSSR count). The van der Waals surface area contributed by atoms with Gasteiger partial charge in [-0.2, -0.15) is 9.78 Å². The Bertz CT molecular complexity index is 185. The van der Waals surface area contributed by atoms with E-state index in [2.05, 4.69) is 24.4 Å². The van der Waals surface area contributed by atoms with Gasteiger partial charge in [-0.15, -0.1) is 4.67 Å². The Hall–Kier alpha value is -0.500. The van der Waals surface area contributed by atoms with Gasteiger partial charge in [0.1, 0.15) is 0 Å². The molecule has 1 unspecified atom stereocenters. The molecule has 1 atom stereocenters. The minimum atomic E-state index is -4.49. The molecule has 8 nitrogen and oxygen atoms in total. The van der Waals surface area contributed by atoms with E-state index in [0.29, 0.717) is 0 Å². The van der Waals surface area contributed by atoms with Gasteiger partial charge in [0.25, 0.3) is 6.03 Å². The Morgan fingerprint density at radius 1 is 1.55 bits per heavy atom. The summed E-state index contributed by atoms with van der Waals surface area (Å²) in [5.41, 5.74) is 0. The van der Waals surface area contributed by atoms with Crippen molar-refractivity contribution in [3.05, 3.63) is 0 Å². The van der Waals surface area contributed by atoms with Crippen LogP contribution in [0, 0.1) is 0 Å². The van der Waals surface area contributed by atoms with E-state index in [9.17, 15) is 14.3 Å². The summed E-state index contributed by atoms with van der Waals surface area (Å²) < 4.78 is 14.1. The molecule has 1 fully saturated rings. The number of carbonyl (C=O) groups is 1. The fourth-order valence-corrected chi connectivity index (χ4v) is 0.799. The SMILES string of the molecule is O=COOP(=O)([O-])C1OOO1. The summed E-state index contributed by atoms with van der Waals surface area (Å²) in [6, 6.07) is -1.68. The zero-order valence-corrected chi connectivity index (χ0v) is 5.76. The predicted octanol–water partition coefficient (Wildman–Crippen LogP) is -1.18. The van der Waals surface area contributed by atoms with E-state index in [4.69, 9.17) is 0 Å². The third-order valence-corrected chi connectivity index (χ3v) is 1.67. The maximum absolute atomic E-state index is 10.6. The van der Waals surface area contributed by atoms with Crippen LogP contribution in [0.15, 0.2) is 0 Å². The van der Waals surface area contributed by atoms with E-state index in [-0.39, 0.29) is 6.47 Å². The Kier molecular flexibility index (Phi) is 2.55. The molecule has 1 aliphatic rings. The molecule has 64 valence electrons. The fourth-order valence-electron chi connectivity index (χ4n) is 0.293. The fraction of sp³-hybridized carbons (Fsp3) is 0.500. The maximum Gasteiger partial charge on any atom is 0.331 e. The molecule has 1 saturated heterocycles. The van der Waals surface area contributed by atoms with Crippen LogP contribution >= 0.6 is 7.60 Å². The minimum Gasteiger partial charge on any atom is -0.772 e. The Morgan fingerprint density at radius 3 is 2.55 bits per heavy atom. The molecule has 0 N–H and O–H groups in total. The highest BCUT2D eigenvalue weighted by Gasteiger charge is 2.37. The molecule has 1 heterocycles. The van der Waals surface area contributed by atoms with Crippen LogP contribution in [0.5, 0.6) is 0 Å². The van der Waals surface area contributed by atoms with Crippen LogP contribution in [-0.4, -0.2) is 12.5 Å². The molecule has 11 heavy (non-hydrogen) atoms. The second-order valence-electron chi connectivity index (χ2n) is 1.37. The Morgan fingerprint density at radius 2 is 2.18 bits per heavy atom. The van der Waals surface area contributed by atoms with Gasteiger partial charge in [0.15, 0.2) is 0 Å². The predicted molar refractivity (Wildman–Crippen MR) is 22.9 cm³/mol. The molecule has 0 amide bonds. The summed E-state index contributed by atoms with van der Waals surface area (Å²) in [4.78, 5) is 31.3. The minimum absolute atomic E-state index is 0.204. The normalized spacial score (nSPS) is 23.4. The van der Waals surface area contributed by atoms with Crippen molar-refractivity contribution in [1.29, 1.82) is 0 Å². The molecule has 0 aromatic carbocycles. The van der Waals surface area contributed by atoms with Crippen molar-refractivity contribution in [3.8, 4) is 0 Å². The largest absolute Gasteiger partial charge is 0.772 e.